The summed E-state index contributed by atoms with van der Waals surface area (Å²) in [7, 11) is 0. The standard InChI is InChI=1S/C25H30N6O2/c26-23(27)20-11-10-19-12-22(25(33)31(29)15-16-4-2-1-3-5-16)30(21(19)13-20)14-17-6-8-18(9-7-17)24(28)32/h6-13,16H,1-5,14-15,29H2,(H3,26,27)(H2,28,32). The molecule has 0 spiro atoms. The van der Waals surface area contributed by atoms with Crippen LogP contribution in [0.4, 0.5) is 0 Å². The predicted molar refractivity (Wildman–Crippen MR) is 129 cm³/mol. The highest BCUT2D eigenvalue weighted by molar-refractivity contribution is 6.02. The second kappa shape index (κ2) is 9.46. The summed E-state index contributed by atoms with van der Waals surface area (Å²) in [5.41, 5.74) is 14.2. The highest BCUT2D eigenvalue weighted by Crippen LogP contribution is 2.26. The number of nitrogens with zero attached hydrogens (tertiary/aromatic N) is 2. The first-order valence-electron chi connectivity index (χ1n) is 11.3. The SMILES string of the molecule is N=C(N)c1ccc2cc(C(=O)N(N)CC3CCCCC3)n(Cc3ccc(C(N)=O)cc3)c2c1. The number of nitrogens with two attached hydrogens (primary N) is 3. The monoisotopic (exact) mass is 446 g/mol. The van der Waals surface area contributed by atoms with Gasteiger partial charge in [-0.05, 0) is 48.6 Å². The lowest BCUT2D eigenvalue weighted by Gasteiger charge is -2.27. The Hall–Kier alpha value is -3.65. The lowest BCUT2D eigenvalue weighted by molar-refractivity contribution is 0.0703. The maximum absolute atomic E-state index is 13.4. The van der Waals surface area contributed by atoms with E-state index in [2.05, 4.69) is 0 Å². The van der Waals surface area contributed by atoms with Crippen LogP contribution >= 0.6 is 0 Å². The molecule has 33 heavy (non-hydrogen) atoms. The molecular weight excluding hydrogens is 416 g/mol. The first kappa shape index (κ1) is 22.5. The normalized spacial score (nSPS) is 14.3. The minimum Gasteiger partial charge on any atom is -0.384 e. The molecule has 0 radical (unpaired) electrons. The topological polar surface area (TPSA) is 144 Å². The molecule has 2 amide bonds. The fourth-order valence-corrected chi connectivity index (χ4v) is 4.60. The van der Waals surface area contributed by atoms with Gasteiger partial charge >= 0.3 is 0 Å². The van der Waals surface area contributed by atoms with Gasteiger partial charge in [0.15, 0.2) is 0 Å². The van der Waals surface area contributed by atoms with Crippen molar-refractivity contribution in [3.8, 4) is 0 Å². The Bertz CT molecular complexity index is 1190. The van der Waals surface area contributed by atoms with Crippen molar-refractivity contribution >= 4 is 28.6 Å². The van der Waals surface area contributed by atoms with Crippen LogP contribution in [0.15, 0.2) is 48.5 Å². The van der Waals surface area contributed by atoms with Crippen molar-refractivity contribution in [3.05, 3.63) is 70.9 Å². The molecule has 4 rings (SSSR count). The lowest BCUT2D eigenvalue weighted by Crippen LogP contribution is -2.42. The smallest absolute Gasteiger partial charge is 0.284 e. The molecule has 1 saturated carbocycles. The van der Waals surface area contributed by atoms with E-state index in [-0.39, 0.29) is 11.7 Å². The molecule has 8 nitrogen and oxygen atoms in total. The molecule has 1 aliphatic carbocycles. The summed E-state index contributed by atoms with van der Waals surface area (Å²) in [6.07, 6.45) is 5.80. The second-order valence-corrected chi connectivity index (χ2v) is 8.83. The molecule has 172 valence electrons. The van der Waals surface area contributed by atoms with Crippen LogP contribution in [0.3, 0.4) is 0 Å². The zero-order chi connectivity index (χ0) is 23.5. The molecule has 0 unspecified atom stereocenters. The number of carbonyl (C=O) groups is 2. The summed E-state index contributed by atoms with van der Waals surface area (Å²) >= 11 is 0. The molecule has 1 heterocycles. The van der Waals surface area contributed by atoms with Gasteiger partial charge in [0.05, 0.1) is 0 Å². The highest BCUT2D eigenvalue weighted by Gasteiger charge is 2.23. The third-order valence-corrected chi connectivity index (χ3v) is 6.45. The molecule has 1 fully saturated rings. The molecule has 1 aliphatic rings. The molecule has 8 heteroatoms. The highest BCUT2D eigenvalue weighted by atomic mass is 16.2. The minimum absolute atomic E-state index is 0.0407. The van der Waals surface area contributed by atoms with Crippen LogP contribution in [0.1, 0.15) is 64.1 Å². The van der Waals surface area contributed by atoms with Gasteiger partial charge in [-0.25, -0.2) is 5.84 Å². The molecular formula is C25H30N6O2. The molecule has 0 saturated heterocycles. The van der Waals surface area contributed by atoms with E-state index < -0.39 is 5.91 Å². The van der Waals surface area contributed by atoms with Crippen molar-refractivity contribution in [2.75, 3.05) is 6.54 Å². The molecule has 0 bridgehead atoms. The van der Waals surface area contributed by atoms with Crippen molar-refractivity contribution in [3.63, 3.8) is 0 Å². The van der Waals surface area contributed by atoms with Crippen LogP contribution in [0.5, 0.6) is 0 Å². The summed E-state index contributed by atoms with van der Waals surface area (Å²) in [5, 5.41) is 10.00. The summed E-state index contributed by atoms with van der Waals surface area (Å²) < 4.78 is 1.89. The Balaban J connectivity index is 1.70. The van der Waals surface area contributed by atoms with E-state index in [1.54, 1.807) is 18.2 Å². The number of primary amides is 1. The van der Waals surface area contributed by atoms with E-state index >= 15 is 0 Å². The van der Waals surface area contributed by atoms with Gasteiger partial charge in [-0.2, -0.15) is 0 Å². The average molecular weight is 447 g/mol. The van der Waals surface area contributed by atoms with E-state index in [9.17, 15) is 9.59 Å². The van der Waals surface area contributed by atoms with Crippen LogP contribution in [-0.2, 0) is 6.54 Å². The Morgan fingerprint density at radius 1 is 0.970 bits per heavy atom. The third-order valence-electron chi connectivity index (χ3n) is 6.45. The number of fused-ring (bicyclic) bond motifs is 1. The Morgan fingerprint density at radius 3 is 2.27 bits per heavy atom. The fraction of sp³-hybridized carbons (Fsp3) is 0.320. The van der Waals surface area contributed by atoms with Gasteiger partial charge in [0.1, 0.15) is 11.5 Å². The molecule has 7 N–H and O–H groups in total. The Labute approximate surface area is 192 Å². The van der Waals surface area contributed by atoms with Crippen molar-refractivity contribution < 1.29 is 9.59 Å². The lowest BCUT2D eigenvalue weighted by atomic mass is 9.89. The first-order valence-corrected chi connectivity index (χ1v) is 11.3. The predicted octanol–water partition coefficient (Wildman–Crippen LogP) is 2.97. The molecule has 1 aromatic heterocycles. The number of benzene rings is 2. The van der Waals surface area contributed by atoms with Gasteiger partial charge in [0.2, 0.25) is 5.91 Å². The summed E-state index contributed by atoms with van der Waals surface area (Å²) in [6, 6.07) is 14.3. The van der Waals surface area contributed by atoms with E-state index in [0.717, 1.165) is 29.3 Å². The fourth-order valence-electron chi connectivity index (χ4n) is 4.60. The van der Waals surface area contributed by atoms with Gasteiger partial charge < -0.3 is 16.0 Å². The number of amides is 2. The average Bonchev–Trinajstić information content (AvgIpc) is 3.17. The van der Waals surface area contributed by atoms with E-state index in [1.807, 2.05) is 34.9 Å². The van der Waals surface area contributed by atoms with Crippen molar-refractivity contribution in [2.45, 2.75) is 38.6 Å². The second-order valence-electron chi connectivity index (χ2n) is 8.83. The first-order chi connectivity index (χ1) is 15.8. The number of nitrogen functional groups attached to an aromatic ring is 1. The van der Waals surface area contributed by atoms with Gasteiger partial charge in [0, 0.05) is 35.1 Å². The molecule has 0 atom stereocenters. The van der Waals surface area contributed by atoms with Crippen molar-refractivity contribution in [2.24, 2.45) is 23.2 Å². The number of carbonyl (C=O) groups excluding carboxylic acids is 2. The van der Waals surface area contributed by atoms with Crippen molar-refractivity contribution in [1.29, 1.82) is 5.41 Å². The van der Waals surface area contributed by atoms with Crippen LogP contribution in [-0.4, -0.2) is 33.8 Å². The number of aromatic nitrogens is 1. The van der Waals surface area contributed by atoms with Crippen LogP contribution in [0.2, 0.25) is 0 Å². The maximum atomic E-state index is 13.4. The van der Waals surface area contributed by atoms with E-state index in [0.29, 0.717) is 35.8 Å². The number of nitrogens with one attached hydrogen (secondary N) is 1. The van der Waals surface area contributed by atoms with E-state index in [1.165, 1.54) is 24.3 Å². The van der Waals surface area contributed by atoms with Crippen LogP contribution < -0.4 is 17.3 Å². The van der Waals surface area contributed by atoms with Crippen LogP contribution in [0.25, 0.3) is 10.9 Å². The summed E-state index contributed by atoms with van der Waals surface area (Å²) in [4.78, 5) is 24.8. The number of hydrogen-bond acceptors (Lipinski definition) is 4. The number of rotatable bonds is 7. The van der Waals surface area contributed by atoms with E-state index in [4.69, 9.17) is 22.7 Å². The zero-order valence-corrected chi connectivity index (χ0v) is 18.6. The minimum atomic E-state index is -0.489. The van der Waals surface area contributed by atoms with Gasteiger partial charge in [0.25, 0.3) is 5.91 Å². The Morgan fingerprint density at radius 2 is 1.64 bits per heavy atom. The summed E-state index contributed by atoms with van der Waals surface area (Å²) in [5.74, 6) is 5.92. The number of hydrogen-bond donors (Lipinski definition) is 4. The third kappa shape index (κ3) is 4.90. The number of hydrazine groups is 1. The zero-order valence-electron chi connectivity index (χ0n) is 18.6. The molecule has 2 aromatic carbocycles. The molecule has 0 aliphatic heterocycles. The largest absolute Gasteiger partial charge is 0.384 e. The quantitative estimate of drug-likeness (QED) is 0.145. The van der Waals surface area contributed by atoms with Gasteiger partial charge in [-0.3, -0.25) is 20.0 Å². The maximum Gasteiger partial charge on any atom is 0.284 e. The van der Waals surface area contributed by atoms with Gasteiger partial charge in [-0.1, -0.05) is 43.5 Å². The number of amidine groups is 1. The molecule has 3 aromatic rings. The Kier molecular flexibility index (Phi) is 6.46. The van der Waals surface area contributed by atoms with Crippen molar-refractivity contribution in [1.82, 2.24) is 9.58 Å². The summed E-state index contributed by atoms with van der Waals surface area (Å²) in [6.45, 7) is 0.925. The van der Waals surface area contributed by atoms with Crippen LogP contribution in [0, 0.1) is 11.3 Å². The van der Waals surface area contributed by atoms with Gasteiger partial charge in [-0.15, -0.1) is 0 Å².